The summed E-state index contributed by atoms with van der Waals surface area (Å²) < 4.78 is 15.4. The second kappa shape index (κ2) is 10.4. The molecule has 1 fully saturated rings. The summed E-state index contributed by atoms with van der Waals surface area (Å²) in [5.41, 5.74) is 2.88. The first-order chi connectivity index (χ1) is 17.8. The van der Waals surface area contributed by atoms with Crippen LogP contribution in [-0.4, -0.2) is 33.1 Å². The number of anilines is 1. The fourth-order valence-electron chi connectivity index (χ4n) is 4.04. The van der Waals surface area contributed by atoms with Gasteiger partial charge in [-0.3, -0.25) is 19.3 Å². The van der Waals surface area contributed by atoms with Crippen LogP contribution >= 0.6 is 35.0 Å². The average molecular weight is 554 g/mol. The van der Waals surface area contributed by atoms with Crippen molar-refractivity contribution >= 4 is 74.7 Å². The first-order valence-corrected chi connectivity index (χ1v) is 12.7. The van der Waals surface area contributed by atoms with Gasteiger partial charge in [0.15, 0.2) is 0 Å². The minimum absolute atomic E-state index is 0.209. The monoisotopic (exact) mass is 553 g/mol. The van der Waals surface area contributed by atoms with Crippen molar-refractivity contribution in [1.82, 2.24) is 9.47 Å². The molecule has 0 unspecified atom stereocenters. The zero-order valence-electron chi connectivity index (χ0n) is 19.1. The van der Waals surface area contributed by atoms with Crippen molar-refractivity contribution in [2.24, 2.45) is 0 Å². The van der Waals surface area contributed by atoms with Gasteiger partial charge in [-0.25, -0.2) is 4.39 Å². The molecule has 2 heterocycles. The summed E-state index contributed by atoms with van der Waals surface area (Å²) in [5.74, 6) is -1.68. The number of hydrogen-bond acceptors (Lipinski definition) is 4. The van der Waals surface area contributed by atoms with Crippen molar-refractivity contribution in [3.63, 3.8) is 0 Å². The quantitative estimate of drug-likeness (QED) is 0.266. The molecule has 3 amide bonds. The molecule has 1 saturated heterocycles. The van der Waals surface area contributed by atoms with Gasteiger partial charge in [-0.05, 0) is 59.8 Å². The predicted octanol–water partition coefficient (Wildman–Crippen LogP) is 6.81. The normalized spacial score (nSPS) is 14.7. The Morgan fingerprint density at radius 3 is 2.59 bits per heavy atom. The first kappa shape index (κ1) is 25.1. The van der Waals surface area contributed by atoms with Crippen LogP contribution in [0.4, 0.5) is 14.9 Å². The highest BCUT2D eigenvalue weighted by atomic mass is 35.5. The van der Waals surface area contributed by atoms with Crippen molar-refractivity contribution in [2.45, 2.75) is 6.54 Å². The van der Waals surface area contributed by atoms with E-state index < -0.39 is 29.4 Å². The van der Waals surface area contributed by atoms with Crippen LogP contribution in [0.15, 0.2) is 77.8 Å². The standard InChI is InChI=1S/C27H18Cl2FN3O3S/c28-21-9-8-16(10-22(21)29)13-32-14-17(20-6-1-2-7-23(20)32)11-24-26(35)33(27(36)37-24)15-25(34)31-19-5-3-4-18(30)12-19/h1-12,14H,13,15H2,(H,31,34)/b24-11+. The van der Waals surface area contributed by atoms with Crippen molar-refractivity contribution in [3.05, 3.63) is 105 Å². The number of thioether (sulfide) groups is 1. The summed E-state index contributed by atoms with van der Waals surface area (Å²) >= 11 is 13.0. The Labute approximate surface area is 225 Å². The van der Waals surface area contributed by atoms with Gasteiger partial charge in [0, 0.05) is 34.9 Å². The number of benzene rings is 3. The number of amides is 3. The summed E-state index contributed by atoms with van der Waals surface area (Å²) in [7, 11) is 0. The molecular weight excluding hydrogens is 536 g/mol. The molecule has 0 saturated carbocycles. The number of nitrogens with one attached hydrogen (secondary N) is 1. The van der Waals surface area contributed by atoms with Crippen LogP contribution in [0.2, 0.25) is 10.0 Å². The molecule has 0 radical (unpaired) electrons. The largest absolute Gasteiger partial charge is 0.342 e. The van der Waals surface area contributed by atoms with E-state index in [0.29, 0.717) is 16.6 Å². The van der Waals surface area contributed by atoms with Crippen LogP contribution < -0.4 is 5.32 Å². The van der Waals surface area contributed by atoms with Gasteiger partial charge in [0.25, 0.3) is 11.1 Å². The fraction of sp³-hybridized carbons (Fsp3) is 0.0741. The molecule has 0 bridgehead atoms. The molecule has 10 heteroatoms. The molecule has 0 aliphatic carbocycles. The molecular formula is C27H18Cl2FN3O3S. The van der Waals surface area contributed by atoms with Crippen LogP contribution in [0, 0.1) is 5.82 Å². The Kier molecular flexibility index (Phi) is 7.06. The molecule has 6 nitrogen and oxygen atoms in total. The molecule has 4 aromatic rings. The van der Waals surface area contributed by atoms with Gasteiger partial charge in [0.1, 0.15) is 12.4 Å². The van der Waals surface area contributed by atoms with E-state index in [1.807, 2.05) is 41.1 Å². The molecule has 5 rings (SSSR count). The molecule has 3 aromatic carbocycles. The minimum Gasteiger partial charge on any atom is -0.342 e. The smallest absolute Gasteiger partial charge is 0.294 e. The Balaban J connectivity index is 1.38. The van der Waals surface area contributed by atoms with Crippen LogP contribution in [0.3, 0.4) is 0 Å². The summed E-state index contributed by atoms with van der Waals surface area (Å²) in [4.78, 5) is 39.1. The lowest BCUT2D eigenvalue weighted by Gasteiger charge is -2.12. The van der Waals surface area contributed by atoms with Crippen LogP contribution in [0.5, 0.6) is 0 Å². The second-order valence-electron chi connectivity index (χ2n) is 8.30. The average Bonchev–Trinajstić information content (AvgIpc) is 3.33. The lowest BCUT2D eigenvalue weighted by Crippen LogP contribution is -2.36. The third-order valence-electron chi connectivity index (χ3n) is 5.73. The minimum atomic E-state index is -0.604. The van der Waals surface area contributed by atoms with Gasteiger partial charge in [-0.1, -0.05) is 53.5 Å². The zero-order valence-corrected chi connectivity index (χ0v) is 21.4. The first-order valence-electron chi connectivity index (χ1n) is 11.1. The van der Waals surface area contributed by atoms with E-state index in [2.05, 4.69) is 5.32 Å². The Bertz CT molecular complexity index is 1600. The number of carbonyl (C=O) groups is 3. The molecule has 1 aliphatic heterocycles. The molecule has 1 aromatic heterocycles. The van der Waals surface area contributed by atoms with E-state index in [-0.39, 0.29) is 10.6 Å². The van der Waals surface area contributed by atoms with Crippen molar-refractivity contribution in [1.29, 1.82) is 0 Å². The Morgan fingerprint density at radius 1 is 1.00 bits per heavy atom. The number of nitrogens with zero attached hydrogens (tertiary/aromatic N) is 2. The summed E-state index contributed by atoms with van der Waals surface area (Å²) in [6.07, 6.45) is 3.56. The maximum Gasteiger partial charge on any atom is 0.294 e. The van der Waals surface area contributed by atoms with E-state index in [1.165, 1.54) is 18.2 Å². The van der Waals surface area contributed by atoms with Crippen LogP contribution in [-0.2, 0) is 16.1 Å². The number of imide groups is 1. The molecule has 37 heavy (non-hydrogen) atoms. The van der Waals surface area contributed by atoms with Gasteiger partial charge in [0.2, 0.25) is 5.91 Å². The number of aromatic nitrogens is 1. The van der Waals surface area contributed by atoms with Gasteiger partial charge in [-0.15, -0.1) is 0 Å². The maximum atomic E-state index is 13.4. The van der Waals surface area contributed by atoms with Gasteiger partial charge >= 0.3 is 0 Å². The van der Waals surface area contributed by atoms with E-state index in [4.69, 9.17) is 23.2 Å². The maximum absolute atomic E-state index is 13.4. The third-order valence-corrected chi connectivity index (χ3v) is 7.37. The lowest BCUT2D eigenvalue weighted by atomic mass is 10.1. The molecule has 0 spiro atoms. The van der Waals surface area contributed by atoms with E-state index in [9.17, 15) is 18.8 Å². The Morgan fingerprint density at radius 2 is 1.81 bits per heavy atom. The van der Waals surface area contributed by atoms with Crippen LogP contribution in [0.1, 0.15) is 11.1 Å². The molecule has 1 N–H and O–H groups in total. The summed E-state index contributed by atoms with van der Waals surface area (Å²) in [5, 5.41) is 3.79. The fourth-order valence-corrected chi connectivity index (χ4v) is 5.19. The molecule has 1 aliphatic rings. The van der Waals surface area contributed by atoms with E-state index in [1.54, 1.807) is 18.2 Å². The second-order valence-corrected chi connectivity index (χ2v) is 10.1. The molecule has 186 valence electrons. The van der Waals surface area contributed by atoms with Gasteiger partial charge in [-0.2, -0.15) is 0 Å². The SMILES string of the molecule is O=C(CN1C(=O)S/C(=C/c2cn(Cc3ccc(Cl)c(Cl)c3)c3ccccc23)C1=O)Nc1cccc(F)c1. The third kappa shape index (κ3) is 5.41. The number of hydrogen-bond donors (Lipinski definition) is 1. The van der Waals surface area contributed by atoms with Crippen molar-refractivity contribution in [3.8, 4) is 0 Å². The summed E-state index contributed by atoms with van der Waals surface area (Å²) in [6.45, 7) is 0.0462. The lowest BCUT2D eigenvalue weighted by molar-refractivity contribution is -0.127. The van der Waals surface area contributed by atoms with Crippen molar-refractivity contribution in [2.75, 3.05) is 11.9 Å². The Hall–Kier alpha value is -3.59. The highest BCUT2D eigenvalue weighted by molar-refractivity contribution is 8.18. The van der Waals surface area contributed by atoms with Crippen molar-refractivity contribution < 1.29 is 18.8 Å². The van der Waals surface area contributed by atoms with Gasteiger partial charge in [0.05, 0.1) is 15.0 Å². The number of fused-ring (bicyclic) bond motifs is 1. The van der Waals surface area contributed by atoms with E-state index >= 15 is 0 Å². The zero-order chi connectivity index (χ0) is 26.1. The topological polar surface area (TPSA) is 71.4 Å². The number of para-hydroxylation sites is 1. The van der Waals surface area contributed by atoms with E-state index in [0.717, 1.165) is 44.8 Å². The number of carbonyl (C=O) groups excluding carboxylic acids is 3. The highest BCUT2D eigenvalue weighted by Gasteiger charge is 2.36. The number of halogens is 3. The number of rotatable bonds is 6. The van der Waals surface area contributed by atoms with Gasteiger partial charge < -0.3 is 9.88 Å². The summed E-state index contributed by atoms with van der Waals surface area (Å²) in [6, 6.07) is 18.5. The molecule has 0 atom stereocenters. The highest BCUT2D eigenvalue weighted by Crippen LogP contribution is 2.34. The van der Waals surface area contributed by atoms with Crippen LogP contribution in [0.25, 0.3) is 17.0 Å². The predicted molar refractivity (Wildman–Crippen MR) is 145 cm³/mol.